The second-order valence-electron chi connectivity index (χ2n) is 9.21. The number of aromatic hydroxyl groups is 1. The normalized spacial score (nSPS) is 18.2. The van der Waals surface area contributed by atoms with Gasteiger partial charge in [-0.15, -0.1) is 16.9 Å². The number of aromatic nitrogens is 7. The maximum absolute atomic E-state index is 13.1. The van der Waals surface area contributed by atoms with Gasteiger partial charge in [0.2, 0.25) is 22.1 Å². The first-order valence-corrected chi connectivity index (χ1v) is 15.7. The van der Waals surface area contributed by atoms with Crippen molar-refractivity contribution in [3.05, 3.63) is 45.3 Å². The van der Waals surface area contributed by atoms with Gasteiger partial charge in [-0.05, 0) is 29.8 Å². The van der Waals surface area contributed by atoms with Gasteiger partial charge in [0.15, 0.2) is 10.9 Å². The lowest BCUT2D eigenvalue weighted by Crippen LogP contribution is -2.71. The fourth-order valence-electron chi connectivity index (χ4n) is 4.35. The number of nitrogens with two attached hydrogens (primary N) is 1. The summed E-state index contributed by atoms with van der Waals surface area (Å²) < 4.78 is 7.19. The number of hydrogen-bond acceptors (Lipinski definition) is 16. The number of aliphatic carboxylic acids is 1. The summed E-state index contributed by atoms with van der Waals surface area (Å²) >= 11 is 3.37. The molecule has 0 unspecified atom stereocenters. The number of carboxylic acid groups (broad SMARTS) is 1. The molecule has 21 heteroatoms. The minimum absolute atomic E-state index is 0.0570. The lowest BCUT2D eigenvalue weighted by Gasteiger charge is -2.49. The summed E-state index contributed by atoms with van der Waals surface area (Å²) in [4.78, 5) is 60.2. The Balaban J connectivity index is 1.26. The lowest BCUT2D eigenvalue weighted by molar-refractivity contribution is -0.150. The number of tetrazole rings is 1. The maximum Gasteiger partial charge on any atom is 0.352 e. The molecule has 2 aliphatic rings. The highest BCUT2D eigenvalue weighted by molar-refractivity contribution is 8.01. The highest BCUT2D eigenvalue weighted by Gasteiger charge is 2.54. The molecule has 1 saturated heterocycles. The molecule has 232 valence electrons. The predicted octanol–water partition coefficient (Wildman–Crippen LogP) is -0.746. The summed E-state index contributed by atoms with van der Waals surface area (Å²) in [7, 11) is 0. The molecule has 2 aliphatic heterocycles. The monoisotopic (exact) mass is 663 g/mol. The third kappa shape index (κ3) is 6.10. The number of carboxylic acids is 1. The molecule has 18 nitrogen and oxygen atoms in total. The van der Waals surface area contributed by atoms with Crippen molar-refractivity contribution in [2.45, 2.75) is 43.5 Å². The van der Waals surface area contributed by atoms with Gasteiger partial charge in [-0.1, -0.05) is 16.9 Å². The first-order valence-electron chi connectivity index (χ1n) is 12.9. The summed E-state index contributed by atoms with van der Waals surface area (Å²) in [5.41, 5.74) is 5.62. The Morgan fingerprint density at radius 2 is 2.11 bits per heavy atom. The van der Waals surface area contributed by atoms with E-state index in [1.165, 1.54) is 34.3 Å². The van der Waals surface area contributed by atoms with Crippen LogP contribution in [0.1, 0.15) is 18.4 Å². The molecular formula is C23H25N11O7S3. The number of nitrogen functional groups attached to an aromatic ring is 1. The van der Waals surface area contributed by atoms with Crippen molar-refractivity contribution < 1.29 is 29.4 Å². The molecule has 5 N–H and O–H groups in total. The molecule has 0 spiro atoms. The molecule has 0 aliphatic carbocycles. The number of β-lactam (4-membered cyclic amide) rings is 1. The van der Waals surface area contributed by atoms with Gasteiger partial charge in [0.25, 0.3) is 11.8 Å². The summed E-state index contributed by atoms with van der Waals surface area (Å²) in [5, 5.41) is 37.9. The Morgan fingerprint density at radius 1 is 1.32 bits per heavy atom. The van der Waals surface area contributed by atoms with Gasteiger partial charge in [-0.2, -0.15) is 9.36 Å². The number of pyridine rings is 1. The molecule has 0 bridgehead atoms. The Hall–Kier alpha value is -4.50. The third-order valence-electron chi connectivity index (χ3n) is 6.53. The molecular weight excluding hydrogens is 639 g/mol. The molecule has 0 radical (unpaired) electrons. The van der Waals surface area contributed by atoms with Gasteiger partial charge in [0.05, 0.1) is 12.2 Å². The minimum Gasteiger partial charge on any atom is -0.503 e. The molecule has 2 amide bonds. The summed E-state index contributed by atoms with van der Waals surface area (Å²) in [6.45, 7) is 4.13. The van der Waals surface area contributed by atoms with Crippen LogP contribution in [0.3, 0.4) is 0 Å². The van der Waals surface area contributed by atoms with E-state index in [2.05, 4.69) is 35.4 Å². The largest absolute Gasteiger partial charge is 0.503 e. The molecule has 2 atom stereocenters. The van der Waals surface area contributed by atoms with Crippen molar-refractivity contribution in [1.82, 2.24) is 44.3 Å². The number of nitrogens with zero attached hydrogens (tertiary/aromatic N) is 9. The van der Waals surface area contributed by atoms with Gasteiger partial charge >= 0.3 is 5.97 Å². The molecule has 44 heavy (non-hydrogen) atoms. The standard InChI is InChI=1S/C23H25N11O7S3/c1-3-41-28-13(17-26-22(24)44-29-17)18(37)25-14-19(38)34-15(21(39)40)11(8-42-20(14)34)9-43-23-27-30-31-33(23)7-6-32-5-4-12(35)16(36)10(32)2/h4-5,14,20,36H,3,6-9H2,1-2H3,(H,25,37)(H,39,40)(H2,24,26,29)/t14-,20+/m1/s1. The molecule has 5 rings (SSSR count). The molecule has 0 saturated carbocycles. The fourth-order valence-corrected chi connectivity index (χ4v) is 7.17. The van der Waals surface area contributed by atoms with E-state index in [4.69, 9.17) is 10.6 Å². The minimum atomic E-state index is -1.28. The van der Waals surface area contributed by atoms with E-state index in [9.17, 15) is 29.4 Å². The number of carbonyl (C=O) groups is 3. The number of thioether (sulfide) groups is 2. The maximum atomic E-state index is 13.1. The van der Waals surface area contributed by atoms with E-state index in [1.807, 2.05) is 0 Å². The number of oxime groups is 1. The van der Waals surface area contributed by atoms with Crippen LogP contribution in [0, 0.1) is 6.92 Å². The predicted molar refractivity (Wildman–Crippen MR) is 158 cm³/mol. The van der Waals surface area contributed by atoms with Crippen molar-refractivity contribution in [1.29, 1.82) is 0 Å². The van der Waals surface area contributed by atoms with Crippen LogP contribution in [-0.4, -0.2) is 102 Å². The number of aryl methyl sites for hydroxylation is 2. The number of hydrogen-bond donors (Lipinski definition) is 4. The average molecular weight is 664 g/mol. The molecule has 3 aromatic heterocycles. The zero-order chi connectivity index (χ0) is 31.5. The van der Waals surface area contributed by atoms with Crippen molar-refractivity contribution in [2.24, 2.45) is 5.16 Å². The van der Waals surface area contributed by atoms with Gasteiger partial charge in [-0.25, -0.2) is 9.48 Å². The average Bonchev–Trinajstić information content (AvgIpc) is 3.65. The Bertz CT molecular complexity index is 1730. The number of amides is 2. The molecule has 1 fully saturated rings. The number of rotatable bonds is 12. The topological polar surface area (TPSA) is 246 Å². The van der Waals surface area contributed by atoms with E-state index >= 15 is 0 Å². The quantitative estimate of drug-likeness (QED) is 0.0806. The smallest absolute Gasteiger partial charge is 0.352 e. The number of anilines is 1. The molecule has 5 heterocycles. The van der Waals surface area contributed by atoms with Crippen molar-refractivity contribution in [3.8, 4) is 5.75 Å². The Labute approximate surface area is 260 Å². The Morgan fingerprint density at radius 3 is 2.82 bits per heavy atom. The molecule has 0 aromatic carbocycles. The third-order valence-corrected chi connectivity index (χ3v) is 9.46. The van der Waals surface area contributed by atoms with Crippen LogP contribution < -0.4 is 16.5 Å². The van der Waals surface area contributed by atoms with Crippen LogP contribution in [0.15, 0.2) is 38.6 Å². The second-order valence-corrected chi connectivity index (χ2v) is 12.0. The van der Waals surface area contributed by atoms with E-state index in [1.54, 1.807) is 24.6 Å². The zero-order valence-electron chi connectivity index (χ0n) is 23.1. The first-order chi connectivity index (χ1) is 21.1. The van der Waals surface area contributed by atoms with Gasteiger partial charge in [-0.3, -0.25) is 19.3 Å². The SMILES string of the molecule is CCON=C(C(=O)N[C@@H]1C(=O)N2C(C(=O)O)=C(CSc3nnnn3CCn3ccc(=O)c(O)c3C)CS[C@@H]12)c1nsc(N)n1. The summed E-state index contributed by atoms with van der Waals surface area (Å²) in [5.74, 6) is -2.57. The van der Waals surface area contributed by atoms with Crippen molar-refractivity contribution >= 4 is 63.7 Å². The van der Waals surface area contributed by atoms with Crippen LogP contribution >= 0.6 is 35.1 Å². The van der Waals surface area contributed by atoms with Crippen LogP contribution in [-0.2, 0) is 32.3 Å². The summed E-state index contributed by atoms with van der Waals surface area (Å²) in [6.07, 6.45) is 1.56. The number of nitrogens with one attached hydrogen (secondary N) is 1. The number of fused-ring (bicyclic) bond motifs is 1. The van der Waals surface area contributed by atoms with E-state index < -0.39 is 34.6 Å². The van der Waals surface area contributed by atoms with Gasteiger partial charge < -0.3 is 30.7 Å². The first kappa shape index (κ1) is 30.9. The Kier molecular flexibility index (Phi) is 9.15. The van der Waals surface area contributed by atoms with Gasteiger partial charge in [0.1, 0.15) is 23.7 Å². The highest BCUT2D eigenvalue weighted by Crippen LogP contribution is 2.41. The highest BCUT2D eigenvalue weighted by atomic mass is 32.2. The van der Waals surface area contributed by atoms with Crippen molar-refractivity contribution in [2.75, 3.05) is 23.8 Å². The molecule has 3 aromatic rings. The van der Waals surface area contributed by atoms with E-state index in [0.29, 0.717) is 29.5 Å². The van der Waals surface area contributed by atoms with Gasteiger partial charge in [0, 0.05) is 41.8 Å². The zero-order valence-corrected chi connectivity index (χ0v) is 25.6. The van der Waals surface area contributed by atoms with E-state index in [0.717, 1.165) is 16.4 Å². The van der Waals surface area contributed by atoms with Crippen LogP contribution in [0.5, 0.6) is 5.75 Å². The van der Waals surface area contributed by atoms with E-state index in [-0.39, 0.29) is 46.2 Å². The number of carbonyl (C=O) groups excluding carboxylic acids is 2. The summed E-state index contributed by atoms with van der Waals surface area (Å²) in [6, 6.07) is 0.252. The van der Waals surface area contributed by atoms with Crippen LogP contribution in [0.4, 0.5) is 5.13 Å². The lowest BCUT2D eigenvalue weighted by atomic mass is 10.0. The van der Waals surface area contributed by atoms with Crippen LogP contribution in [0.25, 0.3) is 0 Å². The van der Waals surface area contributed by atoms with Crippen LogP contribution in [0.2, 0.25) is 0 Å². The fraction of sp³-hybridized carbons (Fsp3) is 0.391. The van der Waals surface area contributed by atoms with Crippen molar-refractivity contribution in [3.63, 3.8) is 0 Å². The second kappa shape index (κ2) is 13.0.